The highest BCUT2D eigenvalue weighted by atomic mass is 35.5. The molecule has 1 N–H and O–H groups in total. The summed E-state index contributed by atoms with van der Waals surface area (Å²) >= 11 is 5.93. The standard InChI is InChI=1S/C17H24ClN3O/c18-15-4-6-16(7-5-15)21-12-10-20(11-13-21)9-1-8-19-17(22)14-2-3-14/h4-7,14H,1-3,8-13H2,(H,19,22). The van der Waals surface area contributed by atoms with E-state index in [9.17, 15) is 4.79 Å². The van der Waals surface area contributed by atoms with Gasteiger partial charge in [0.05, 0.1) is 0 Å². The third-order valence-electron chi connectivity index (χ3n) is 4.46. The van der Waals surface area contributed by atoms with Crippen molar-refractivity contribution in [3.05, 3.63) is 29.3 Å². The molecule has 2 fully saturated rings. The number of anilines is 1. The fourth-order valence-corrected chi connectivity index (χ4v) is 3.01. The van der Waals surface area contributed by atoms with Crippen LogP contribution in [0.25, 0.3) is 0 Å². The Morgan fingerprint density at radius 1 is 1.14 bits per heavy atom. The maximum absolute atomic E-state index is 11.5. The summed E-state index contributed by atoms with van der Waals surface area (Å²) in [6.07, 6.45) is 3.20. The van der Waals surface area contributed by atoms with Gasteiger partial charge in [-0.3, -0.25) is 9.69 Å². The van der Waals surface area contributed by atoms with E-state index in [1.165, 1.54) is 5.69 Å². The van der Waals surface area contributed by atoms with Gasteiger partial charge in [0.1, 0.15) is 0 Å². The number of piperazine rings is 1. The van der Waals surface area contributed by atoms with Gasteiger partial charge in [-0.1, -0.05) is 11.6 Å². The molecule has 1 saturated carbocycles. The van der Waals surface area contributed by atoms with E-state index in [0.717, 1.165) is 63.6 Å². The van der Waals surface area contributed by atoms with Crippen molar-refractivity contribution < 1.29 is 4.79 Å². The molecule has 1 aromatic carbocycles. The molecule has 1 saturated heterocycles. The Bertz CT molecular complexity index is 493. The highest BCUT2D eigenvalue weighted by Gasteiger charge is 2.29. The number of rotatable bonds is 6. The Morgan fingerprint density at radius 2 is 1.82 bits per heavy atom. The van der Waals surface area contributed by atoms with Gasteiger partial charge in [0.25, 0.3) is 0 Å². The number of carbonyl (C=O) groups is 1. The first-order valence-corrected chi connectivity index (χ1v) is 8.61. The molecule has 0 aromatic heterocycles. The van der Waals surface area contributed by atoms with Gasteiger partial charge < -0.3 is 10.2 Å². The summed E-state index contributed by atoms with van der Waals surface area (Å²) in [4.78, 5) is 16.4. The second kappa shape index (κ2) is 7.34. The van der Waals surface area contributed by atoms with Crippen LogP contribution in [0.2, 0.25) is 5.02 Å². The van der Waals surface area contributed by atoms with Crippen LogP contribution >= 0.6 is 11.6 Å². The number of hydrogen-bond acceptors (Lipinski definition) is 3. The molecule has 4 nitrogen and oxygen atoms in total. The summed E-state index contributed by atoms with van der Waals surface area (Å²) in [5, 5.41) is 3.82. The minimum atomic E-state index is 0.257. The molecule has 0 spiro atoms. The van der Waals surface area contributed by atoms with Crippen molar-refractivity contribution in [1.82, 2.24) is 10.2 Å². The lowest BCUT2D eigenvalue weighted by Crippen LogP contribution is -2.47. The third-order valence-corrected chi connectivity index (χ3v) is 4.71. The van der Waals surface area contributed by atoms with E-state index in [-0.39, 0.29) is 5.91 Å². The van der Waals surface area contributed by atoms with Crippen LogP contribution in [0.1, 0.15) is 19.3 Å². The molecule has 1 aromatic rings. The van der Waals surface area contributed by atoms with Crippen molar-refractivity contribution in [3.63, 3.8) is 0 Å². The molecule has 1 amide bonds. The predicted molar refractivity (Wildman–Crippen MR) is 90.5 cm³/mol. The molecule has 1 aliphatic carbocycles. The van der Waals surface area contributed by atoms with Gasteiger partial charge in [-0.05, 0) is 50.1 Å². The van der Waals surface area contributed by atoms with Crippen molar-refractivity contribution in [2.45, 2.75) is 19.3 Å². The van der Waals surface area contributed by atoms with Gasteiger partial charge in [-0.25, -0.2) is 0 Å². The summed E-state index contributed by atoms with van der Waals surface area (Å²) in [5.74, 6) is 0.579. The van der Waals surface area contributed by atoms with Gasteiger partial charge in [-0.2, -0.15) is 0 Å². The SMILES string of the molecule is O=C(NCCCN1CCN(c2ccc(Cl)cc2)CC1)C1CC1. The third kappa shape index (κ3) is 4.37. The lowest BCUT2D eigenvalue weighted by atomic mass is 10.2. The monoisotopic (exact) mass is 321 g/mol. The highest BCUT2D eigenvalue weighted by molar-refractivity contribution is 6.30. The first-order chi connectivity index (χ1) is 10.7. The molecular formula is C17H24ClN3O. The predicted octanol–water partition coefficient (Wildman–Crippen LogP) is 2.38. The van der Waals surface area contributed by atoms with Crippen molar-refractivity contribution >= 4 is 23.2 Å². The molecule has 22 heavy (non-hydrogen) atoms. The van der Waals surface area contributed by atoms with Crippen LogP contribution < -0.4 is 10.2 Å². The molecule has 3 rings (SSSR count). The second-order valence-corrected chi connectivity index (χ2v) is 6.66. The van der Waals surface area contributed by atoms with Crippen molar-refractivity contribution in [2.75, 3.05) is 44.2 Å². The van der Waals surface area contributed by atoms with Crippen LogP contribution in [-0.2, 0) is 4.79 Å². The zero-order chi connectivity index (χ0) is 15.4. The van der Waals surface area contributed by atoms with Gasteiger partial charge >= 0.3 is 0 Å². The van der Waals surface area contributed by atoms with E-state index < -0.39 is 0 Å². The van der Waals surface area contributed by atoms with Crippen molar-refractivity contribution in [1.29, 1.82) is 0 Å². The normalized spacial score (nSPS) is 19.2. The molecule has 1 heterocycles. The molecular weight excluding hydrogens is 298 g/mol. The van der Waals surface area contributed by atoms with Crippen LogP contribution in [0, 0.1) is 5.92 Å². The van der Waals surface area contributed by atoms with E-state index >= 15 is 0 Å². The van der Waals surface area contributed by atoms with Crippen LogP contribution in [0.3, 0.4) is 0 Å². The molecule has 120 valence electrons. The first-order valence-electron chi connectivity index (χ1n) is 8.23. The number of nitrogens with zero attached hydrogens (tertiary/aromatic N) is 2. The van der Waals surface area contributed by atoms with Crippen LogP contribution in [-0.4, -0.2) is 50.1 Å². The smallest absolute Gasteiger partial charge is 0.223 e. The maximum atomic E-state index is 11.5. The quantitative estimate of drug-likeness (QED) is 0.817. The van der Waals surface area contributed by atoms with E-state index in [0.29, 0.717) is 5.92 Å². The molecule has 1 aliphatic heterocycles. The average molecular weight is 322 g/mol. The Hall–Kier alpha value is -1.26. The summed E-state index contributed by atoms with van der Waals surface area (Å²) < 4.78 is 0. The number of carbonyl (C=O) groups excluding carboxylic acids is 1. The van der Waals surface area contributed by atoms with Crippen molar-refractivity contribution in [3.8, 4) is 0 Å². The van der Waals surface area contributed by atoms with Crippen LogP contribution in [0.5, 0.6) is 0 Å². The minimum absolute atomic E-state index is 0.257. The average Bonchev–Trinajstić information content (AvgIpc) is 3.38. The summed E-state index contributed by atoms with van der Waals surface area (Å²) in [7, 11) is 0. The van der Waals surface area contributed by atoms with E-state index in [2.05, 4.69) is 27.2 Å². The number of nitrogens with one attached hydrogen (secondary N) is 1. The van der Waals surface area contributed by atoms with Crippen molar-refractivity contribution in [2.24, 2.45) is 5.92 Å². The Balaban J connectivity index is 1.33. The molecule has 0 radical (unpaired) electrons. The second-order valence-electron chi connectivity index (χ2n) is 6.22. The maximum Gasteiger partial charge on any atom is 0.223 e. The number of hydrogen-bond donors (Lipinski definition) is 1. The van der Waals surface area contributed by atoms with Gasteiger partial charge in [-0.15, -0.1) is 0 Å². The molecule has 0 atom stereocenters. The number of amides is 1. The van der Waals surface area contributed by atoms with Gasteiger partial charge in [0.2, 0.25) is 5.91 Å². The fraction of sp³-hybridized carbons (Fsp3) is 0.588. The van der Waals surface area contributed by atoms with E-state index in [1.54, 1.807) is 0 Å². The lowest BCUT2D eigenvalue weighted by Gasteiger charge is -2.36. The number of halogens is 1. The van der Waals surface area contributed by atoms with E-state index in [1.807, 2.05) is 12.1 Å². The largest absolute Gasteiger partial charge is 0.369 e. The zero-order valence-corrected chi connectivity index (χ0v) is 13.7. The molecule has 0 unspecified atom stereocenters. The minimum Gasteiger partial charge on any atom is -0.369 e. The Morgan fingerprint density at radius 3 is 2.45 bits per heavy atom. The fourth-order valence-electron chi connectivity index (χ4n) is 2.89. The van der Waals surface area contributed by atoms with E-state index in [4.69, 9.17) is 11.6 Å². The zero-order valence-electron chi connectivity index (χ0n) is 12.9. The summed E-state index contributed by atoms with van der Waals surface area (Å²) in [6.45, 7) is 6.15. The molecule has 2 aliphatic rings. The highest BCUT2D eigenvalue weighted by Crippen LogP contribution is 2.28. The summed E-state index contributed by atoms with van der Waals surface area (Å²) in [6, 6.07) is 8.08. The Labute approximate surface area is 137 Å². The Kier molecular flexibility index (Phi) is 5.21. The topological polar surface area (TPSA) is 35.6 Å². The molecule has 5 heteroatoms. The van der Waals surface area contributed by atoms with Crippen LogP contribution in [0.4, 0.5) is 5.69 Å². The lowest BCUT2D eigenvalue weighted by molar-refractivity contribution is -0.122. The van der Waals surface area contributed by atoms with Crippen LogP contribution in [0.15, 0.2) is 24.3 Å². The van der Waals surface area contributed by atoms with Gasteiger partial charge in [0, 0.05) is 49.4 Å². The van der Waals surface area contributed by atoms with Gasteiger partial charge in [0.15, 0.2) is 0 Å². The number of benzene rings is 1. The first kappa shape index (κ1) is 15.6. The molecule has 0 bridgehead atoms. The summed E-state index contributed by atoms with van der Waals surface area (Å²) in [5.41, 5.74) is 1.25.